The summed E-state index contributed by atoms with van der Waals surface area (Å²) < 4.78 is 32.0. The molecule has 2 aliphatic rings. The van der Waals surface area contributed by atoms with E-state index in [0.29, 0.717) is 29.2 Å². The first-order valence-corrected chi connectivity index (χ1v) is 8.80. The molecule has 1 saturated carbocycles. The van der Waals surface area contributed by atoms with Gasteiger partial charge in [0.15, 0.2) is 0 Å². The highest BCUT2D eigenvalue weighted by Gasteiger charge is 2.53. The smallest absolute Gasteiger partial charge is 0.263 e. The third kappa shape index (κ3) is 2.08. The maximum atomic E-state index is 12.7. The van der Waals surface area contributed by atoms with Crippen LogP contribution < -0.4 is 0 Å². The number of furan rings is 1. The van der Waals surface area contributed by atoms with Gasteiger partial charge in [-0.15, -0.1) is 0 Å². The van der Waals surface area contributed by atoms with Crippen molar-refractivity contribution < 1.29 is 12.8 Å². The lowest BCUT2D eigenvalue weighted by molar-refractivity contribution is 0.460. The molecule has 0 spiro atoms. The fraction of sp³-hybridized carbons (Fsp3) is 0.294. The number of aryl methyl sites for hydroxylation is 1. The van der Waals surface area contributed by atoms with E-state index in [1.54, 1.807) is 30.9 Å². The number of hydrogen-bond donors (Lipinski definition) is 0. The number of fused-ring (bicyclic) bond motifs is 1. The lowest BCUT2D eigenvalue weighted by Crippen LogP contribution is -2.30. The first-order chi connectivity index (χ1) is 10.6. The number of hydrogen-bond acceptors (Lipinski definition) is 3. The van der Waals surface area contributed by atoms with Gasteiger partial charge in [-0.1, -0.05) is 23.8 Å². The van der Waals surface area contributed by atoms with Crippen molar-refractivity contribution in [3.8, 4) is 0 Å². The molecule has 0 bridgehead atoms. The van der Waals surface area contributed by atoms with Crippen LogP contribution in [0.4, 0.5) is 0 Å². The topological polar surface area (TPSA) is 50.5 Å². The Bertz CT molecular complexity index is 806. The molecule has 1 aliphatic carbocycles. The van der Waals surface area contributed by atoms with Crippen molar-refractivity contribution in [3.05, 3.63) is 66.3 Å². The molecule has 4 nitrogen and oxygen atoms in total. The molecule has 3 atom stereocenters. The summed E-state index contributed by atoms with van der Waals surface area (Å²) in [5, 5.41) is 0. The Kier molecular flexibility index (Phi) is 2.94. The fourth-order valence-corrected chi connectivity index (χ4v) is 4.67. The molecule has 1 aromatic heterocycles. The molecule has 0 saturated heterocycles. The van der Waals surface area contributed by atoms with Crippen LogP contribution in [0.5, 0.6) is 0 Å². The summed E-state index contributed by atoms with van der Waals surface area (Å²) in [5.74, 6) is 1.16. The molecule has 1 aromatic carbocycles. The minimum atomic E-state index is -3.45. The van der Waals surface area contributed by atoms with Crippen molar-refractivity contribution in [1.82, 2.24) is 4.31 Å². The zero-order chi connectivity index (χ0) is 15.3. The van der Waals surface area contributed by atoms with Crippen LogP contribution in [0.1, 0.15) is 17.0 Å². The molecule has 22 heavy (non-hydrogen) atoms. The highest BCUT2D eigenvalue weighted by molar-refractivity contribution is 7.89. The van der Waals surface area contributed by atoms with Crippen LogP contribution in [0, 0.1) is 18.8 Å². The fourth-order valence-electron chi connectivity index (χ4n) is 3.32. The van der Waals surface area contributed by atoms with Crippen LogP contribution in [-0.2, 0) is 10.0 Å². The van der Waals surface area contributed by atoms with Gasteiger partial charge in [-0.05, 0) is 48.4 Å². The standard InChI is InChI=1S/C17H17NO3S/c1-12-2-4-14(5-3-12)22(19,20)18-8-6-15-16(10-18)17(15)13-7-9-21-11-13/h2-9,11,15-17H,10H2,1H3/t15-,16+,17+/m1/s1. The minimum absolute atomic E-state index is 0.349. The summed E-state index contributed by atoms with van der Waals surface area (Å²) in [6.45, 7) is 2.48. The van der Waals surface area contributed by atoms with E-state index < -0.39 is 10.0 Å². The largest absolute Gasteiger partial charge is 0.472 e. The van der Waals surface area contributed by atoms with Crippen LogP contribution in [0.2, 0.25) is 0 Å². The maximum absolute atomic E-state index is 12.7. The number of nitrogens with zero attached hydrogens (tertiary/aromatic N) is 1. The van der Waals surface area contributed by atoms with Crippen molar-refractivity contribution >= 4 is 10.0 Å². The summed E-state index contributed by atoms with van der Waals surface area (Å²) >= 11 is 0. The average Bonchev–Trinajstić information content (AvgIpc) is 2.97. The molecule has 1 aliphatic heterocycles. The Balaban J connectivity index is 1.57. The summed E-state index contributed by atoms with van der Waals surface area (Å²) in [7, 11) is -3.45. The van der Waals surface area contributed by atoms with Gasteiger partial charge < -0.3 is 4.42 Å². The molecule has 2 aromatic rings. The van der Waals surface area contributed by atoms with E-state index in [2.05, 4.69) is 0 Å². The average molecular weight is 315 g/mol. The van der Waals surface area contributed by atoms with Crippen LogP contribution in [-0.4, -0.2) is 19.3 Å². The molecule has 114 valence electrons. The second-order valence-electron chi connectivity index (χ2n) is 6.05. The van der Waals surface area contributed by atoms with E-state index in [1.165, 1.54) is 4.31 Å². The Labute approximate surface area is 130 Å². The lowest BCUT2D eigenvalue weighted by atomic mass is 10.2. The summed E-state index contributed by atoms with van der Waals surface area (Å²) in [6, 6.07) is 8.97. The maximum Gasteiger partial charge on any atom is 0.263 e. The lowest BCUT2D eigenvalue weighted by Gasteiger charge is -2.22. The molecule has 0 radical (unpaired) electrons. The molecule has 5 heteroatoms. The van der Waals surface area contributed by atoms with E-state index in [0.717, 1.165) is 11.1 Å². The van der Waals surface area contributed by atoms with Crippen molar-refractivity contribution in [1.29, 1.82) is 0 Å². The predicted octanol–water partition coefficient (Wildman–Crippen LogP) is 3.14. The van der Waals surface area contributed by atoms with Crippen LogP contribution in [0.15, 0.2) is 64.4 Å². The van der Waals surface area contributed by atoms with Crippen molar-refractivity contribution in [2.45, 2.75) is 17.7 Å². The van der Waals surface area contributed by atoms with Gasteiger partial charge in [0.25, 0.3) is 10.0 Å². The Morgan fingerprint density at radius 1 is 1.18 bits per heavy atom. The second kappa shape index (κ2) is 4.74. The quantitative estimate of drug-likeness (QED) is 0.874. The van der Waals surface area contributed by atoms with E-state index in [-0.39, 0.29) is 0 Å². The molecule has 0 unspecified atom stereocenters. The van der Waals surface area contributed by atoms with Gasteiger partial charge in [0.2, 0.25) is 0 Å². The van der Waals surface area contributed by atoms with E-state index in [4.69, 9.17) is 4.42 Å². The van der Waals surface area contributed by atoms with Crippen LogP contribution in [0.25, 0.3) is 0 Å². The Morgan fingerprint density at radius 3 is 2.64 bits per heavy atom. The van der Waals surface area contributed by atoms with E-state index >= 15 is 0 Å². The number of rotatable bonds is 3. The van der Waals surface area contributed by atoms with Gasteiger partial charge in [-0.2, -0.15) is 0 Å². The van der Waals surface area contributed by atoms with E-state index in [1.807, 2.05) is 31.2 Å². The zero-order valence-corrected chi connectivity index (χ0v) is 13.0. The monoisotopic (exact) mass is 315 g/mol. The molecule has 4 rings (SSSR count). The first-order valence-electron chi connectivity index (χ1n) is 7.36. The van der Waals surface area contributed by atoms with Gasteiger partial charge in [0.05, 0.1) is 17.4 Å². The predicted molar refractivity (Wildman–Crippen MR) is 82.6 cm³/mol. The van der Waals surface area contributed by atoms with Crippen molar-refractivity contribution in [3.63, 3.8) is 0 Å². The minimum Gasteiger partial charge on any atom is -0.472 e. The van der Waals surface area contributed by atoms with Crippen molar-refractivity contribution in [2.75, 3.05) is 6.54 Å². The first kappa shape index (κ1) is 13.6. The summed E-state index contributed by atoms with van der Waals surface area (Å²) in [6.07, 6.45) is 7.16. The highest BCUT2D eigenvalue weighted by Crippen LogP contribution is 2.57. The number of sulfonamides is 1. The molecule has 0 amide bonds. The number of benzene rings is 1. The van der Waals surface area contributed by atoms with Gasteiger partial charge in [-0.3, -0.25) is 4.31 Å². The zero-order valence-electron chi connectivity index (χ0n) is 12.2. The summed E-state index contributed by atoms with van der Waals surface area (Å²) in [5.41, 5.74) is 2.21. The Hall–Kier alpha value is -2.01. The molecule has 2 heterocycles. The molecular formula is C17H17NO3S. The Morgan fingerprint density at radius 2 is 1.95 bits per heavy atom. The second-order valence-corrected chi connectivity index (χ2v) is 7.94. The van der Waals surface area contributed by atoms with Gasteiger partial charge in [0.1, 0.15) is 0 Å². The SMILES string of the molecule is Cc1ccc(S(=O)(=O)N2C=C[C@@H]3[C@H](C2)[C@H]3c2ccoc2)cc1. The highest BCUT2D eigenvalue weighted by atomic mass is 32.2. The van der Waals surface area contributed by atoms with Gasteiger partial charge >= 0.3 is 0 Å². The summed E-state index contributed by atoms with van der Waals surface area (Å²) in [4.78, 5) is 0.349. The third-order valence-electron chi connectivity index (χ3n) is 4.65. The van der Waals surface area contributed by atoms with Gasteiger partial charge in [-0.25, -0.2) is 8.42 Å². The van der Waals surface area contributed by atoms with E-state index in [9.17, 15) is 8.42 Å². The van der Waals surface area contributed by atoms with Gasteiger partial charge in [0, 0.05) is 12.7 Å². The molecule has 1 fully saturated rings. The normalized spacial score (nSPS) is 26.8. The van der Waals surface area contributed by atoms with Crippen LogP contribution >= 0.6 is 0 Å². The van der Waals surface area contributed by atoms with Crippen LogP contribution in [0.3, 0.4) is 0 Å². The number of allylic oxidation sites excluding steroid dienone is 1. The van der Waals surface area contributed by atoms with Crippen molar-refractivity contribution in [2.24, 2.45) is 11.8 Å². The molecular weight excluding hydrogens is 298 g/mol. The molecule has 0 N–H and O–H groups in total. The third-order valence-corrected chi connectivity index (χ3v) is 6.41.